The van der Waals surface area contributed by atoms with Gasteiger partial charge in [-0.15, -0.1) is 11.6 Å². The van der Waals surface area contributed by atoms with Crippen molar-refractivity contribution >= 4 is 17.5 Å². The summed E-state index contributed by atoms with van der Waals surface area (Å²) in [7, 11) is 1.83. The van der Waals surface area contributed by atoms with Gasteiger partial charge in [-0.3, -0.25) is 4.79 Å². The topological polar surface area (TPSA) is 38.1 Å². The second-order valence-electron chi connectivity index (χ2n) is 3.30. The van der Waals surface area contributed by atoms with Gasteiger partial charge >= 0.3 is 0 Å². The van der Waals surface area contributed by atoms with Crippen LogP contribution in [0.25, 0.3) is 0 Å². The van der Waals surface area contributed by atoms with Crippen LogP contribution in [0.5, 0.6) is 0 Å². The number of nitrogens with zero attached hydrogens (tertiary/aromatic N) is 3. The molecule has 0 aliphatic carbocycles. The van der Waals surface area contributed by atoms with Crippen molar-refractivity contribution in [3.8, 4) is 0 Å². The first kappa shape index (κ1) is 12.0. The molecule has 0 spiro atoms. The molecule has 0 aromatic carbocycles. The summed E-state index contributed by atoms with van der Waals surface area (Å²) in [6.45, 7) is 5.23. The molecule has 0 bridgehead atoms. The molecule has 1 aromatic heterocycles. The van der Waals surface area contributed by atoms with E-state index in [1.165, 1.54) is 0 Å². The zero-order valence-corrected chi connectivity index (χ0v) is 10.0. The van der Waals surface area contributed by atoms with Crippen LogP contribution < -0.4 is 0 Å². The van der Waals surface area contributed by atoms with Crippen LogP contribution in [-0.4, -0.2) is 33.4 Å². The van der Waals surface area contributed by atoms with E-state index >= 15 is 0 Å². The third-order valence-electron chi connectivity index (χ3n) is 2.41. The fourth-order valence-electron chi connectivity index (χ4n) is 1.43. The molecule has 4 nitrogen and oxygen atoms in total. The lowest BCUT2D eigenvalue weighted by atomic mass is 10.2. The van der Waals surface area contributed by atoms with Crippen molar-refractivity contribution in [1.82, 2.24) is 14.5 Å². The number of alkyl halides is 1. The number of hydrogen-bond donors (Lipinski definition) is 0. The highest BCUT2D eigenvalue weighted by Gasteiger charge is 2.24. The number of halogens is 1. The maximum atomic E-state index is 11.9. The summed E-state index contributed by atoms with van der Waals surface area (Å²) < 4.78 is 1.76. The van der Waals surface area contributed by atoms with Crippen molar-refractivity contribution < 1.29 is 4.79 Å². The smallest absolute Gasteiger partial charge is 0.246 e. The van der Waals surface area contributed by atoms with Gasteiger partial charge in [0.15, 0.2) is 5.38 Å². The molecule has 0 fully saturated rings. The summed E-state index contributed by atoms with van der Waals surface area (Å²) in [5.41, 5.74) is 0.730. The molecule has 1 rings (SSSR count). The quantitative estimate of drug-likeness (QED) is 0.736. The first-order valence-corrected chi connectivity index (χ1v) is 5.44. The van der Waals surface area contributed by atoms with Crippen molar-refractivity contribution in [1.29, 1.82) is 0 Å². The lowest BCUT2D eigenvalue weighted by Crippen LogP contribution is -2.33. The van der Waals surface area contributed by atoms with Crippen molar-refractivity contribution in [3.05, 3.63) is 18.2 Å². The van der Waals surface area contributed by atoms with E-state index in [1.807, 2.05) is 20.9 Å². The second-order valence-corrected chi connectivity index (χ2v) is 3.74. The predicted molar refractivity (Wildman–Crippen MR) is 59.7 cm³/mol. The summed E-state index contributed by atoms with van der Waals surface area (Å²) >= 11 is 6.10. The molecule has 0 aliphatic heterocycles. The van der Waals surface area contributed by atoms with Gasteiger partial charge < -0.3 is 9.47 Å². The van der Waals surface area contributed by atoms with Gasteiger partial charge in [-0.25, -0.2) is 4.98 Å². The molecule has 1 heterocycles. The van der Waals surface area contributed by atoms with E-state index in [2.05, 4.69) is 4.98 Å². The molecule has 84 valence electrons. The van der Waals surface area contributed by atoms with Gasteiger partial charge in [0.25, 0.3) is 0 Å². The van der Waals surface area contributed by atoms with Crippen LogP contribution in [0.2, 0.25) is 0 Å². The molecule has 0 aliphatic rings. The van der Waals surface area contributed by atoms with Gasteiger partial charge in [0.1, 0.15) is 0 Å². The fraction of sp³-hybridized carbons (Fsp3) is 0.600. The summed E-state index contributed by atoms with van der Waals surface area (Å²) in [4.78, 5) is 17.6. The molecule has 1 unspecified atom stereocenters. The molecule has 0 saturated heterocycles. The number of hydrogen-bond acceptors (Lipinski definition) is 2. The van der Waals surface area contributed by atoms with Crippen LogP contribution >= 0.6 is 11.6 Å². The Labute approximate surface area is 94.8 Å². The van der Waals surface area contributed by atoms with Crippen LogP contribution in [0.1, 0.15) is 24.9 Å². The summed E-state index contributed by atoms with van der Waals surface area (Å²) in [5.74, 6) is -0.0646. The average molecular weight is 230 g/mol. The summed E-state index contributed by atoms with van der Waals surface area (Å²) in [5, 5.41) is -0.641. The van der Waals surface area contributed by atoms with E-state index in [4.69, 9.17) is 11.6 Å². The van der Waals surface area contributed by atoms with Crippen LogP contribution in [0, 0.1) is 0 Å². The molecule has 0 radical (unpaired) electrons. The molecule has 15 heavy (non-hydrogen) atoms. The number of imidazole rings is 1. The standard InChI is InChI=1S/C10H16ClN3O/c1-4-14(5-2)10(15)9(11)8-6-12-7-13(8)3/h6-7,9H,4-5H2,1-3H3. The van der Waals surface area contributed by atoms with Crippen LogP contribution in [-0.2, 0) is 11.8 Å². The molecule has 0 N–H and O–H groups in total. The SMILES string of the molecule is CCN(CC)C(=O)C(Cl)c1cncn1C. The summed E-state index contributed by atoms with van der Waals surface area (Å²) in [6, 6.07) is 0. The fourth-order valence-corrected chi connectivity index (χ4v) is 1.78. The Morgan fingerprint density at radius 2 is 2.20 bits per heavy atom. The van der Waals surface area contributed by atoms with Crippen LogP contribution in [0.4, 0.5) is 0 Å². The first-order valence-electron chi connectivity index (χ1n) is 5.00. The second kappa shape index (κ2) is 5.16. The normalized spacial score (nSPS) is 12.5. The van der Waals surface area contributed by atoms with Crippen molar-refractivity contribution in [3.63, 3.8) is 0 Å². The van der Waals surface area contributed by atoms with Gasteiger partial charge in [0.2, 0.25) is 5.91 Å². The Morgan fingerprint density at radius 1 is 1.60 bits per heavy atom. The molecular formula is C10H16ClN3O. The zero-order valence-electron chi connectivity index (χ0n) is 9.27. The highest BCUT2D eigenvalue weighted by Crippen LogP contribution is 2.21. The molecular weight excluding hydrogens is 214 g/mol. The van der Waals surface area contributed by atoms with Crippen LogP contribution in [0.3, 0.4) is 0 Å². The molecule has 1 aromatic rings. The minimum atomic E-state index is -0.641. The minimum absolute atomic E-state index is 0.0646. The van der Waals surface area contributed by atoms with Crippen molar-refractivity contribution in [2.75, 3.05) is 13.1 Å². The number of likely N-dealkylation sites (N-methyl/N-ethyl adjacent to an activating group) is 1. The Bertz CT molecular complexity index is 333. The van der Waals surface area contributed by atoms with Crippen molar-refractivity contribution in [2.24, 2.45) is 7.05 Å². The number of carbonyl (C=O) groups excluding carboxylic acids is 1. The lowest BCUT2D eigenvalue weighted by molar-refractivity contribution is -0.130. The number of amides is 1. The Hall–Kier alpha value is -1.03. The zero-order chi connectivity index (χ0) is 11.4. The molecule has 0 saturated carbocycles. The van der Waals surface area contributed by atoms with E-state index in [-0.39, 0.29) is 5.91 Å². The monoisotopic (exact) mass is 229 g/mol. The largest absolute Gasteiger partial charge is 0.342 e. The Kier molecular flexibility index (Phi) is 4.15. The van der Waals surface area contributed by atoms with Gasteiger partial charge in [-0.1, -0.05) is 0 Å². The maximum absolute atomic E-state index is 11.9. The highest BCUT2D eigenvalue weighted by molar-refractivity contribution is 6.30. The molecule has 5 heteroatoms. The predicted octanol–water partition coefficient (Wildman–Crippen LogP) is 1.57. The number of rotatable bonds is 4. The van der Waals surface area contributed by atoms with Gasteiger partial charge in [0.05, 0.1) is 18.2 Å². The van der Waals surface area contributed by atoms with E-state index < -0.39 is 5.38 Å². The van der Waals surface area contributed by atoms with Crippen molar-refractivity contribution in [2.45, 2.75) is 19.2 Å². The number of aryl methyl sites for hydroxylation is 1. The third-order valence-corrected chi connectivity index (χ3v) is 2.82. The average Bonchev–Trinajstić information content (AvgIpc) is 2.65. The number of carbonyl (C=O) groups is 1. The number of aromatic nitrogens is 2. The summed E-state index contributed by atoms with van der Waals surface area (Å²) in [6.07, 6.45) is 3.26. The van der Waals surface area contributed by atoms with Gasteiger partial charge in [-0.05, 0) is 13.8 Å². The first-order chi connectivity index (χ1) is 7.11. The van der Waals surface area contributed by atoms with Gasteiger partial charge in [-0.2, -0.15) is 0 Å². The van der Waals surface area contributed by atoms with Crippen LogP contribution in [0.15, 0.2) is 12.5 Å². The van der Waals surface area contributed by atoms with E-state index in [1.54, 1.807) is 22.0 Å². The molecule has 1 atom stereocenters. The Morgan fingerprint density at radius 3 is 2.60 bits per heavy atom. The molecule has 1 amide bonds. The third kappa shape index (κ3) is 2.50. The van der Waals surface area contributed by atoms with E-state index in [0.29, 0.717) is 13.1 Å². The highest BCUT2D eigenvalue weighted by atomic mass is 35.5. The van der Waals surface area contributed by atoms with E-state index in [9.17, 15) is 4.79 Å². The minimum Gasteiger partial charge on any atom is -0.342 e. The Balaban J connectivity index is 2.81. The maximum Gasteiger partial charge on any atom is 0.246 e. The lowest BCUT2D eigenvalue weighted by Gasteiger charge is -2.21. The van der Waals surface area contributed by atoms with Gasteiger partial charge in [0, 0.05) is 20.1 Å². The van der Waals surface area contributed by atoms with E-state index in [0.717, 1.165) is 5.69 Å².